The van der Waals surface area contributed by atoms with Gasteiger partial charge in [0, 0.05) is 89.5 Å². The van der Waals surface area contributed by atoms with E-state index in [2.05, 4.69) is 280 Å². The van der Waals surface area contributed by atoms with Gasteiger partial charge in [0.25, 0.3) is 0 Å². The van der Waals surface area contributed by atoms with E-state index in [4.69, 9.17) is 13.3 Å². The summed E-state index contributed by atoms with van der Waals surface area (Å²) >= 11 is 0. The van der Waals surface area contributed by atoms with Crippen LogP contribution in [0, 0.1) is 0 Å². The average Bonchev–Trinajstić information content (AvgIpc) is 1.58. The maximum atomic E-state index is 7.46. The molecule has 0 amide bonds. The highest BCUT2D eigenvalue weighted by Crippen LogP contribution is 2.56. The molecule has 3 aliphatic rings. The van der Waals surface area contributed by atoms with E-state index in [1.165, 1.54) is 66.1 Å². The van der Waals surface area contributed by atoms with Crippen LogP contribution in [0.2, 0.25) is 0 Å². The number of fused-ring (bicyclic) bond motifs is 20. The second kappa shape index (κ2) is 17.4. The molecule has 0 saturated heterocycles. The van der Waals surface area contributed by atoms with Crippen LogP contribution in [0.4, 0.5) is 28.4 Å². The number of benzene rings is 10. The molecule has 0 saturated carbocycles. The summed E-state index contributed by atoms with van der Waals surface area (Å²) in [5.41, 5.74) is 25.7. The van der Waals surface area contributed by atoms with Crippen LogP contribution in [0.1, 0.15) is 131 Å². The minimum atomic E-state index is -0.295. The van der Waals surface area contributed by atoms with Gasteiger partial charge in [-0.2, -0.15) is 0 Å². The summed E-state index contributed by atoms with van der Waals surface area (Å²) in [6.45, 7) is 30.1. The van der Waals surface area contributed by atoms with Crippen molar-refractivity contribution in [3.63, 3.8) is 0 Å². The van der Waals surface area contributed by atoms with Crippen LogP contribution in [-0.4, -0.2) is 11.4 Å². The smallest absolute Gasteiger partial charge is 0.333 e. The zero-order chi connectivity index (χ0) is 59.7. The van der Waals surface area contributed by atoms with Gasteiger partial charge in [0.1, 0.15) is 33.5 Å². The number of anilines is 5. The van der Waals surface area contributed by atoms with Crippen LogP contribution in [-0.2, 0) is 27.1 Å². The fraction of sp³-hybridized carbons (Fsp3) is 0.250. The Hall–Kier alpha value is -8.94. The molecule has 6 heterocycles. The average molecular weight is 1130 g/mol. The second-order valence-electron chi connectivity index (χ2n) is 30.0. The summed E-state index contributed by atoms with van der Waals surface area (Å²) in [6.07, 6.45) is 2.24. The van der Waals surface area contributed by atoms with E-state index in [0.717, 1.165) is 118 Å². The predicted molar refractivity (Wildman–Crippen MR) is 368 cm³/mol. The van der Waals surface area contributed by atoms with E-state index in [1.54, 1.807) is 0 Å². The predicted octanol–water partition coefficient (Wildman–Crippen LogP) is 21.4. The zero-order valence-corrected chi connectivity index (χ0v) is 52.3. The van der Waals surface area contributed by atoms with Crippen molar-refractivity contribution in [1.29, 1.82) is 0 Å². The zero-order valence-electron chi connectivity index (χ0n) is 52.3. The molecule has 0 bridgehead atoms. The van der Waals surface area contributed by atoms with Crippen molar-refractivity contribution in [1.82, 2.24) is 4.57 Å². The highest BCUT2D eigenvalue weighted by atomic mass is 16.3. The molecule has 87 heavy (non-hydrogen) atoms. The van der Waals surface area contributed by atoms with Crippen molar-refractivity contribution in [2.24, 2.45) is 0 Å². The molecule has 2 aliphatic heterocycles. The molecule has 7 heteroatoms. The van der Waals surface area contributed by atoms with E-state index in [1.807, 2.05) is 0 Å². The quantitative estimate of drug-likeness (QED) is 0.164. The van der Waals surface area contributed by atoms with Crippen molar-refractivity contribution >= 4 is 134 Å². The highest BCUT2D eigenvalue weighted by molar-refractivity contribution is 6.94. The molecule has 0 atom stereocenters. The topological polar surface area (TPSA) is 50.8 Å². The molecular formula is C80H72BN3O3. The molecule has 17 rings (SSSR count). The van der Waals surface area contributed by atoms with Gasteiger partial charge in [-0.3, -0.25) is 0 Å². The van der Waals surface area contributed by atoms with Gasteiger partial charge in [-0.05, 0) is 175 Å². The summed E-state index contributed by atoms with van der Waals surface area (Å²) in [7, 11) is 0. The lowest BCUT2D eigenvalue weighted by molar-refractivity contribution is 0.332. The van der Waals surface area contributed by atoms with Gasteiger partial charge in [0.2, 0.25) is 0 Å². The van der Waals surface area contributed by atoms with Gasteiger partial charge in [0.05, 0.1) is 16.4 Å². The Morgan fingerprint density at radius 1 is 0.437 bits per heavy atom. The Balaban J connectivity index is 0.995. The molecule has 0 radical (unpaired) electrons. The van der Waals surface area contributed by atoms with Gasteiger partial charge in [-0.15, -0.1) is 0 Å². The number of furan rings is 3. The Labute approximate surface area is 509 Å². The maximum absolute atomic E-state index is 7.46. The molecule has 0 spiro atoms. The summed E-state index contributed by atoms with van der Waals surface area (Å²) in [6, 6.07) is 66.4. The van der Waals surface area contributed by atoms with Crippen molar-refractivity contribution in [3.8, 4) is 16.8 Å². The minimum Gasteiger partial charge on any atom is -0.456 e. The lowest BCUT2D eigenvalue weighted by Crippen LogP contribution is -2.60. The first-order chi connectivity index (χ1) is 41.5. The second-order valence-corrected chi connectivity index (χ2v) is 30.0. The minimum absolute atomic E-state index is 0.0146. The molecular weight excluding hydrogens is 1060 g/mol. The Bertz CT molecular complexity index is 5220. The lowest BCUT2D eigenvalue weighted by Gasteiger charge is -2.42. The maximum Gasteiger partial charge on any atom is 0.333 e. The number of hydrogen-bond acceptors (Lipinski definition) is 5. The van der Waals surface area contributed by atoms with E-state index < -0.39 is 0 Å². The van der Waals surface area contributed by atoms with Crippen LogP contribution < -0.4 is 20.6 Å². The standard InChI is InChI=1S/C80H72BN3O3/c1-76(2,3)45-22-28-48(29-23-45)82(49-30-24-46(25-31-49)77(4,5)6)51-34-35-53-55-39-57-63(44-69(55)86-67(53)38-51)84(50-32-26-47(27-33-50)78(7,8)9)81-61-43-68-56(52-18-14-16-20-65(52)85-68)41-64(61)83-62-42-60-59(79(10,11)36-37-80(60,12)13)40-58(62)72-74(83)73(81)70(57)71-54-19-15-17-21-66(54)87-75(71)72/h14-35,38-44H,36-37H2,1-13H3. The van der Waals surface area contributed by atoms with Crippen LogP contribution in [0.15, 0.2) is 189 Å². The van der Waals surface area contributed by atoms with Crippen LogP contribution >= 0.6 is 0 Å². The number of nitrogens with zero attached hydrogens (tertiary/aromatic N) is 3. The van der Waals surface area contributed by atoms with Gasteiger partial charge < -0.3 is 27.5 Å². The van der Waals surface area contributed by atoms with Crippen molar-refractivity contribution in [3.05, 3.63) is 204 Å². The third-order valence-corrected chi connectivity index (χ3v) is 20.5. The summed E-state index contributed by atoms with van der Waals surface area (Å²) < 4.78 is 24.4. The molecule has 0 N–H and O–H groups in total. The Morgan fingerprint density at radius 3 is 1.59 bits per heavy atom. The lowest BCUT2D eigenvalue weighted by atomic mass is 9.43. The summed E-state index contributed by atoms with van der Waals surface area (Å²) in [4.78, 5) is 5.00. The highest BCUT2D eigenvalue weighted by Gasteiger charge is 2.48. The summed E-state index contributed by atoms with van der Waals surface area (Å²) in [5, 5.41) is 9.01. The van der Waals surface area contributed by atoms with Crippen LogP contribution in [0.25, 0.3) is 104 Å². The van der Waals surface area contributed by atoms with E-state index in [9.17, 15) is 0 Å². The normalized spacial score (nSPS) is 15.5. The van der Waals surface area contributed by atoms with Crippen molar-refractivity contribution in [2.45, 2.75) is 130 Å². The third kappa shape index (κ3) is 7.47. The SMILES string of the molecule is CC(C)(C)c1ccc(N2B3c4cc5oc6ccccc6c5cc4-n4c5cc6c(cc5c5c7oc8ccccc8c7c(c3c54)-c3cc4c(cc32)oc2cc(N(c3ccc(C(C)(C)C)cc3)c3ccc(C(C)(C)C)cc3)ccc24)C(C)(C)CCC6(C)C)cc1. The molecule has 428 valence electrons. The van der Waals surface area contributed by atoms with Gasteiger partial charge in [0.15, 0.2) is 0 Å². The first kappa shape index (κ1) is 52.4. The van der Waals surface area contributed by atoms with Crippen LogP contribution in [0.5, 0.6) is 0 Å². The van der Waals surface area contributed by atoms with Crippen molar-refractivity contribution < 1.29 is 13.3 Å². The molecule has 0 unspecified atom stereocenters. The molecule has 10 aromatic carbocycles. The Kier molecular flexibility index (Phi) is 10.5. The number of hydrogen-bond donors (Lipinski definition) is 0. The molecule has 6 nitrogen and oxygen atoms in total. The number of aromatic nitrogens is 1. The molecule has 14 aromatic rings. The fourth-order valence-corrected chi connectivity index (χ4v) is 15.5. The number of para-hydroxylation sites is 2. The monoisotopic (exact) mass is 1130 g/mol. The van der Waals surface area contributed by atoms with E-state index in [0.29, 0.717) is 0 Å². The van der Waals surface area contributed by atoms with E-state index in [-0.39, 0.29) is 33.9 Å². The first-order valence-corrected chi connectivity index (χ1v) is 31.4. The fourth-order valence-electron chi connectivity index (χ4n) is 15.5. The summed E-state index contributed by atoms with van der Waals surface area (Å²) in [5.74, 6) is 0. The van der Waals surface area contributed by atoms with Crippen molar-refractivity contribution in [2.75, 3.05) is 9.71 Å². The van der Waals surface area contributed by atoms with Gasteiger partial charge in [-0.25, -0.2) is 0 Å². The van der Waals surface area contributed by atoms with Gasteiger partial charge in [-0.1, -0.05) is 163 Å². The van der Waals surface area contributed by atoms with Crippen LogP contribution in [0.3, 0.4) is 0 Å². The first-order valence-electron chi connectivity index (χ1n) is 31.4. The van der Waals surface area contributed by atoms with E-state index >= 15 is 0 Å². The third-order valence-electron chi connectivity index (χ3n) is 20.5. The Morgan fingerprint density at radius 2 is 0.954 bits per heavy atom. The molecule has 0 fully saturated rings. The largest absolute Gasteiger partial charge is 0.456 e. The van der Waals surface area contributed by atoms with Gasteiger partial charge >= 0.3 is 6.85 Å². The number of rotatable bonds is 4. The molecule has 1 aliphatic carbocycles. The molecule has 4 aromatic heterocycles.